The first-order valence-electron chi connectivity index (χ1n) is 6.15. The maximum absolute atomic E-state index is 10.9. The quantitative estimate of drug-likeness (QED) is 0.538. The molecule has 0 bridgehead atoms. The molecule has 5 heteroatoms. The monoisotopic (exact) mass is 244 g/mol. The van der Waals surface area contributed by atoms with Crippen LogP contribution in [-0.4, -0.2) is 43.3 Å². The molecule has 17 heavy (non-hydrogen) atoms. The van der Waals surface area contributed by atoms with Crippen LogP contribution in [-0.2, 0) is 23.7 Å². The van der Waals surface area contributed by atoms with Crippen LogP contribution in [0, 0.1) is 0 Å². The van der Waals surface area contributed by atoms with Gasteiger partial charge in [-0.15, -0.1) is 0 Å². The first-order chi connectivity index (χ1) is 8.07. The normalized spacial score (nSPS) is 39.2. The van der Waals surface area contributed by atoms with E-state index in [-0.39, 0.29) is 12.2 Å². The molecule has 0 aromatic heterocycles. The van der Waals surface area contributed by atoms with E-state index in [0.717, 1.165) is 19.1 Å². The Hall–Kier alpha value is -0.490. The Bertz CT molecular complexity index is 278. The first-order valence-corrected chi connectivity index (χ1v) is 6.15. The van der Waals surface area contributed by atoms with Gasteiger partial charge < -0.3 is 23.7 Å². The van der Waals surface area contributed by atoms with E-state index in [0.29, 0.717) is 6.61 Å². The van der Waals surface area contributed by atoms with Crippen molar-refractivity contribution >= 4 is 6.29 Å². The molecular formula is C12H20O5. The van der Waals surface area contributed by atoms with Crippen LogP contribution < -0.4 is 0 Å². The second kappa shape index (κ2) is 5.02. The van der Waals surface area contributed by atoms with Gasteiger partial charge in [-0.05, 0) is 20.3 Å². The molecule has 2 heterocycles. The summed E-state index contributed by atoms with van der Waals surface area (Å²) in [6, 6.07) is 0. The van der Waals surface area contributed by atoms with Crippen molar-refractivity contribution in [3.05, 3.63) is 0 Å². The van der Waals surface area contributed by atoms with E-state index in [1.165, 1.54) is 0 Å². The molecule has 2 aliphatic heterocycles. The highest BCUT2D eigenvalue weighted by molar-refractivity contribution is 5.58. The van der Waals surface area contributed by atoms with E-state index in [2.05, 4.69) is 6.92 Å². The second-order valence-electron chi connectivity index (χ2n) is 4.89. The highest BCUT2D eigenvalue weighted by atomic mass is 16.8. The van der Waals surface area contributed by atoms with E-state index < -0.39 is 18.2 Å². The maximum Gasteiger partial charge on any atom is 0.190 e. The van der Waals surface area contributed by atoms with Crippen LogP contribution in [0.25, 0.3) is 0 Å². The maximum atomic E-state index is 10.9. The molecule has 0 radical (unpaired) electrons. The van der Waals surface area contributed by atoms with Crippen LogP contribution in [0.4, 0.5) is 0 Å². The van der Waals surface area contributed by atoms with Crippen molar-refractivity contribution in [1.29, 1.82) is 0 Å². The van der Waals surface area contributed by atoms with Gasteiger partial charge in [0.2, 0.25) is 0 Å². The third-order valence-corrected chi connectivity index (χ3v) is 2.97. The molecule has 2 saturated heterocycles. The number of ether oxygens (including phenoxy) is 4. The van der Waals surface area contributed by atoms with Gasteiger partial charge in [0.15, 0.2) is 18.4 Å². The first kappa shape index (κ1) is 13.0. The van der Waals surface area contributed by atoms with Crippen molar-refractivity contribution < 1.29 is 23.7 Å². The largest absolute Gasteiger partial charge is 0.372 e. The molecule has 0 saturated carbocycles. The van der Waals surface area contributed by atoms with Gasteiger partial charge in [-0.1, -0.05) is 13.3 Å². The molecule has 2 fully saturated rings. The van der Waals surface area contributed by atoms with Crippen LogP contribution >= 0.6 is 0 Å². The Morgan fingerprint density at radius 1 is 1.35 bits per heavy atom. The second-order valence-corrected chi connectivity index (χ2v) is 4.89. The zero-order chi connectivity index (χ0) is 12.5. The molecule has 0 spiro atoms. The Balaban J connectivity index is 1.98. The predicted octanol–water partition coefficient (Wildman–Crippen LogP) is 1.25. The van der Waals surface area contributed by atoms with Crippen molar-refractivity contribution in [3.8, 4) is 0 Å². The lowest BCUT2D eigenvalue weighted by atomic mass is 10.1. The van der Waals surface area contributed by atoms with Crippen LogP contribution in [0.5, 0.6) is 0 Å². The van der Waals surface area contributed by atoms with Gasteiger partial charge >= 0.3 is 0 Å². The molecule has 2 aliphatic rings. The van der Waals surface area contributed by atoms with Crippen molar-refractivity contribution in [2.24, 2.45) is 0 Å². The lowest BCUT2D eigenvalue weighted by Crippen LogP contribution is -2.37. The predicted molar refractivity (Wildman–Crippen MR) is 59.4 cm³/mol. The molecule has 98 valence electrons. The van der Waals surface area contributed by atoms with Crippen molar-refractivity contribution in [2.45, 2.75) is 64.0 Å². The van der Waals surface area contributed by atoms with Crippen molar-refractivity contribution in [3.63, 3.8) is 0 Å². The number of fused-ring (bicyclic) bond motifs is 1. The van der Waals surface area contributed by atoms with Crippen molar-refractivity contribution in [2.75, 3.05) is 6.61 Å². The van der Waals surface area contributed by atoms with Crippen LogP contribution in [0.2, 0.25) is 0 Å². The summed E-state index contributed by atoms with van der Waals surface area (Å²) in [5.41, 5.74) is 0. The SMILES string of the molecule is CCCCO[C@@H]1[C@@H]2OC(C)(C)O[C@H]2O[C@@H]1C=O. The van der Waals surface area contributed by atoms with Crippen molar-refractivity contribution in [1.82, 2.24) is 0 Å². The summed E-state index contributed by atoms with van der Waals surface area (Å²) in [7, 11) is 0. The van der Waals surface area contributed by atoms with E-state index in [1.54, 1.807) is 0 Å². The van der Waals surface area contributed by atoms with Crippen LogP contribution in [0.3, 0.4) is 0 Å². The molecule has 0 aromatic rings. The fourth-order valence-electron chi connectivity index (χ4n) is 2.17. The fraction of sp³-hybridized carbons (Fsp3) is 0.917. The number of carbonyl (C=O) groups excluding carboxylic acids is 1. The molecule has 4 atom stereocenters. The molecule has 0 unspecified atom stereocenters. The summed E-state index contributed by atoms with van der Waals surface area (Å²) in [4.78, 5) is 10.9. The number of rotatable bonds is 5. The van der Waals surface area contributed by atoms with E-state index in [9.17, 15) is 4.79 Å². The van der Waals surface area contributed by atoms with E-state index >= 15 is 0 Å². The number of carbonyl (C=O) groups is 1. The number of hydrogen-bond acceptors (Lipinski definition) is 5. The minimum Gasteiger partial charge on any atom is -0.372 e. The third-order valence-electron chi connectivity index (χ3n) is 2.97. The fourth-order valence-corrected chi connectivity index (χ4v) is 2.17. The lowest BCUT2D eigenvalue weighted by Gasteiger charge is -2.23. The highest BCUT2D eigenvalue weighted by Crippen LogP contribution is 2.38. The molecule has 0 N–H and O–H groups in total. The van der Waals surface area contributed by atoms with Gasteiger partial charge in [0.25, 0.3) is 0 Å². The highest BCUT2D eigenvalue weighted by Gasteiger charge is 2.55. The van der Waals surface area contributed by atoms with E-state index in [1.807, 2.05) is 13.8 Å². The smallest absolute Gasteiger partial charge is 0.190 e. The summed E-state index contributed by atoms with van der Waals surface area (Å²) >= 11 is 0. The summed E-state index contributed by atoms with van der Waals surface area (Å²) in [6.07, 6.45) is 1.03. The Labute approximate surface area is 101 Å². The van der Waals surface area contributed by atoms with Crippen LogP contribution in [0.15, 0.2) is 0 Å². The number of aldehydes is 1. The molecule has 0 aromatic carbocycles. The van der Waals surface area contributed by atoms with Gasteiger partial charge in [-0.3, -0.25) is 0 Å². The molecule has 0 amide bonds. The van der Waals surface area contributed by atoms with Crippen LogP contribution in [0.1, 0.15) is 33.6 Å². The molecule has 5 nitrogen and oxygen atoms in total. The summed E-state index contributed by atoms with van der Waals surface area (Å²) < 4.78 is 22.4. The van der Waals surface area contributed by atoms with Gasteiger partial charge in [-0.2, -0.15) is 0 Å². The van der Waals surface area contributed by atoms with Gasteiger partial charge in [-0.25, -0.2) is 0 Å². The van der Waals surface area contributed by atoms with Gasteiger partial charge in [0, 0.05) is 6.61 Å². The minimum atomic E-state index is -0.671. The Morgan fingerprint density at radius 3 is 2.76 bits per heavy atom. The Kier molecular flexibility index (Phi) is 3.82. The van der Waals surface area contributed by atoms with Gasteiger partial charge in [0.1, 0.15) is 18.3 Å². The standard InChI is InChI=1S/C12H20O5/c1-4-5-6-14-9-8(7-13)15-11-10(9)16-12(2,3)17-11/h7-11H,4-6H2,1-3H3/t8-,9+,10+,11-/m1/s1. The Morgan fingerprint density at radius 2 is 2.12 bits per heavy atom. The molecule has 0 aliphatic carbocycles. The average molecular weight is 244 g/mol. The topological polar surface area (TPSA) is 54.0 Å². The lowest BCUT2D eigenvalue weighted by molar-refractivity contribution is -0.215. The molecule has 2 rings (SSSR count). The summed E-state index contributed by atoms with van der Waals surface area (Å²) in [5.74, 6) is -0.671. The summed E-state index contributed by atoms with van der Waals surface area (Å²) in [5, 5.41) is 0. The zero-order valence-corrected chi connectivity index (χ0v) is 10.5. The average Bonchev–Trinajstić information content (AvgIpc) is 2.72. The minimum absolute atomic E-state index is 0.308. The summed E-state index contributed by atoms with van der Waals surface area (Å²) in [6.45, 7) is 6.36. The molecular weight excluding hydrogens is 224 g/mol. The third kappa shape index (κ3) is 2.68. The number of unbranched alkanes of at least 4 members (excludes halogenated alkanes) is 1. The van der Waals surface area contributed by atoms with Gasteiger partial charge in [0.05, 0.1) is 0 Å². The number of hydrogen-bond donors (Lipinski definition) is 0. The van der Waals surface area contributed by atoms with E-state index in [4.69, 9.17) is 18.9 Å². The zero-order valence-electron chi connectivity index (χ0n) is 10.5.